The maximum absolute atomic E-state index is 12.5. The molecule has 1 N–H and O–H groups in total. The smallest absolute Gasteiger partial charge is 0.322 e. The molecule has 24 heavy (non-hydrogen) atoms. The van der Waals surface area contributed by atoms with Gasteiger partial charge < -0.3 is 19.9 Å². The summed E-state index contributed by atoms with van der Waals surface area (Å²) in [6.45, 7) is 10.4. The van der Waals surface area contributed by atoms with Gasteiger partial charge in [0.15, 0.2) is 0 Å². The average molecular weight is 332 g/mol. The molecule has 0 bridgehead atoms. The Bertz CT molecular complexity index is 561. The SMILES string of the molecule is CC(C)(C)C1CN(C(=O)Nc2ccc(N3CCCC3)nc2)CCO1. The van der Waals surface area contributed by atoms with Crippen LogP contribution in [0.4, 0.5) is 16.3 Å². The molecule has 2 amide bonds. The van der Waals surface area contributed by atoms with Gasteiger partial charge >= 0.3 is 6.03 Å². The first-order chi connectivity index (χ1) is 11.4. The van der Waals surface area contributed by atoms with Crippen molar-refractivity contribution in [3.8, 4) is 0 Å². The minimum absolute atomic E-state index is 0.0257. The molecule has 1 unspecified atom stereocenters. The molecule has 3 rings (SSSR count). The van der Waals surface area contributed by atoms with Crippen LogP contribution in [-0.4, -0.2) is 54.8 Å². The minimum atomic E-state index is -0.0803. The highest BCUT2D eigenvalue weighted by molar-refractivity contribution is 5.89. The third-order valence-corrected chi connectivity index (χ3v) is 4.75. The van der Waals surface area contributed by atoms with E-state index in [1.54, 1.807) is 6.20 Å². The molecule has 6 heteroatoms. The van der Waals surface area contributed by atoms with Gasteiger partial charge in [0, 0.05) is 26.2 Å². The zero-order valence-electron chi connectivity index (χ0n) is 14.9. The lowest BCUT2D eigenvalue weighted by atomic mass is 9.88. The van der Waals surface area contributed by atoms with E-state index in [1.807, 2.05) is 17.0 Å². The van der Waals surface area contributed by atoms with Crippen molar-refractivity contribution in [1.82, 2.24) is 9.88 Å². The molecule has 6 nitrogen and oxygen atoms in total. The van der Waals surface area contributed by atoms with Crippen LogP contribution < -0.4 is 10.2 Å². The Labute approximate surface area is 144 Å². The number of carbonyl (C=O) groups is 1. The van der Waals surface area contributed by atoms with Crippen LogP contribution in [0.2, 0.25) is 0 Å². The molecular formula is C18H28N4O2. The fraction of sp³-hybridized carbons (Fsp3) is 0.667. The maximum Gasteiger partial charge on any atom is 0.322 e. The number of anilines is 2. The molecule has 2 fully saturated rings. The lowest BCUT2D eigenvalue weighted by Crippen LogP contribution is -2.51. The zero-order chi connectivity index (χ0) is 17.2. The van der Waals surface area contributed by atoms with Crippen molar-refractivity contribution >= 4 is 17.5 Å². The molecule has 2 aliphatic heterocycles. The second-order valence-electron chi connectivity index (χ2n) is 7.70. The van der Waals surface area contributed by atoms with E-state index in [-0.39, 0.29) is 17.6 Å². The van der Waals surface area contributed by atoms with Crippen molar-refractivity contribution in [2.24, 2.45) is 5.41 Å². The molecule has 0 radical (unpaired) electrons. The second-order valence-corrected chi connectivity index (χ2v) is 7.70. The second kappa shape index (κ2) is 6.97. The van der Waals surface area contributed by atoms with Crippen LogP contribution in [0.3, 0.4) is 0 Å². The summed E-state index contributed by atoms with van der Waals surface area (Å²) < 4.78 is 5.81. The third kappa shape index (κ3) is 3.98. The van der Waals surface area contributed by atoms with E-state index in [0.29, 0.717) is 19.7 Å². The van der Waals surface area contributed by atoms with E-state index >= 15 is 0 Å². The number of nitrogens with zero attached hydrogens (tertiary/aromatic N) is 3. The number of pyridine rings is 1. The Morgan fingerprint density at radius 3 is 2.62 bits per heavy atom. The van der Waals surface area contributed by atoms with Gasteiger partial charge in [0.2, 0.25) is 0 Å². The van der Waals surface area contributed by atoms with Gasteiger partial charge in [-0.05, 0) is 30.4 Å². The van der Waals surface area contributed by atoms with Crippen LogP contribution >= 0.6 is 0 Å². The molecule has 2 saturated heterocycles. The van der Waals surface area contributed by atoms with Crippen molar-refractivity contribution in [2.75, 3.05) is 43.0 Å². The van der Waals surface area contributed by atoms with Crippen molar-refractivity contribution < 1.29 is 9.53 Å². The Morgan fingerprint density at radius 1 is 1.25 bits per heavy atom. The monoisotopic (exact) mass is 332 g/mol. The Hall–Kier alpha value is -1.82. The molecule has 0 aliphatic carbocycles. The number of urea groups is 1. The van der Waals surface area contributed by atoms with Gasteiger partial charge in [-0.15, -0.1) is 0 Å². The van der Waals surface area contributed by atoms with E-state index in [0.717, 1.165) is 24.6 Å². The largest absolute Gasteiger partial charge is 0.374 e. The predicted molar refractivity (Wildman–Crippen MR) is 95.5 cm³/mol. The van der Waals surface area contributed by atoms with E-state index in [2.05, 4.69) is 36.0 Å². The number of nitrogens with one attached hydrogen (secondary N) is 1. The number of rotatable bonds is 2. The molecule has 1 aromatic rings. The van der Waals surface area contributed by atoms with Gasteiger partial charge in [-0.3, -0.25) is 0 Å². The fourth-order valence-electron chi connectivity index (χ4n) is 3.15. The van der Waals surface area contributed by atoms with Gasteiger partial charge in [0.05, 0.1) is 24.6 Å². The average Bonchev–Trinajstić information content (AvgIpc) is 3.09. The van der Waals surface area contributed by atoms with Crippen LogP contribution in [0, 0.1) is 5.41 Å². The molecule has 0 aromatic carbocycles. The summed E-state index contributed by atoms with van der Waals surface area (Å²) in [6, 6.07) is 3.83. The lowest BCUT2D eigenvalue weighted by molar-refractivity contribution is -0.0664. The minimum Gasteiger partial charge on any atom is -0.374 e. The number of amides is 2. The van der Waals surface area contributed by atoms with E-state index in [1.165, 1.54) is 12.8 Å². The normalized spacial score (nSPS) is 21.9. The van der Waals surface area contributed by atoms with Gasteiger partial charge in [-0.1, -0.05) is 20.8 Å². The molecule has 2 aliphatic rings. The molecule has 0 spiro atoms. The number of hydrogen-bond acceptors (Lipinski definition) is 4. The first-order valence-corrected chi connectivity index (χ1v) is 8.82. The van der Waals surface area contributed by atoms with Crippen molar-refractivity contribution in [3.05, 3.63) is 18.3 Å². The number of morpholine rings is 1. The first-order valence-electron chi connectivity index (χ1n) is 8.82. The van der Waals surface area contributed by atoms with Gasteiger partial charge in [0.25, 0.3) is 0 Å². The van der Waals surface area contributed by atoms with Crippen molar-refractivity contribution in [3.63, 3.8) is 0 Å². The summed E-state index contributed by atoms with van der Waals surface area (Å²) in [7, 11) is 0. The van der Waals surface area contributed by atoms with Crippen molar-refractivity contribution in [1.29, 1.82) is 0 Å². The zero-order valence-corrected chi connectivity index (χ0v) is 14.9. The Kier molecular flexibility index (Phi) is 4.94. The fourth-order valence-corrected chi connectivity index (χ4v) is 3.15. The van der Waals surface area contributed by atoms with E-state index < -0.39 is 0 Å². The predicted octanol–water partition coefficient (Wildman–Crippen LogP) is 2.96. The summed E-state index contributed by atoms with van der Waals surface area (Å²) in [6.07, 6.45) is 4.26. The summed E-state index contributed by atoms with van der Waals surface area (Å²) in [5, 5.41) is 2.95. The summed E-state index contributed by atoms with van der Waals surface area (Å²) in [5.41, 5.74) is 0.763. The van der Waals surface area contributed by atoms with Crippen molar-refractivity contribution in [2.45, 2.75) is 39.7 Å². The van der Waals surface area contributed by atoms with Crippen LogP contribution in [0.5, 0.6) is 0 Å². The van der Waals surface area contributed by atoms with Crippen LogP contribution in [0.15, 0.2) is 18.3 Å². The quantitative estimate of drug-likeness (QED) is 0.904. The van der Waals surface area contributed by atoms with Crippen LogP contribution in [-0.2, 0) is 4.74 Å². The third-order valence-electron chi connectivity index (χ3n) is 4.75. The Balaban J connectivity index is 1.58. The standard InChI is InChI=1S/C18H28N4O2/c1-18(2,3)15-13-22(10-11-24-15)17(23)20-14-6-7-16(19-12-14)21-8-4-5-9-21/h6-7,12,15H,4-5,8-11,13H2,1-3H3,(H,20,23). The van der Waals surface area contributed by atoms with Gasteiger partial charge in [0.1, 0.15) is 5.82 Å². The number of hydrogen-bond donors (Lipinski definition) is 1. The van der Waals surface area contributed by atoms with Gasteiger partial charge in [-0.25, -0.2) is 9.78 Å². The molecule has 1 aromatic heterocycles. The molecule has 132 valence electrons. The van der Waals surface area contributed by atoms with Gasteiger partial charge in [-0.2, -0.15) is 0 Å². The maximum atomic E-state index is 12.5. The summed E-state index contributed by atoms with van der Waals surface area (Å²) in [4.78, 5) is 21.1. The first kappa shape index (κ1) is 17.0. The number of ether oxygens (including phenoxy) is 1. The molecule has 0 saturated carbocycles. The molecule has 1 atom stereocenters. The summed E-state index contributed by atoms with van der Waals surface area (Å²) in [5.74, 6) is 0.990. The molecule has 3 heterocycles. The summed E-state index contributed by atoms with van der Waals surface area (Å²) >= 11 is 0. The van der Waals surface area contributed by atoms with Crippen LogP contribution in [0.1, 0.15) is 33.6 Å². The van der Waals surface area contributed by atoms with E-state index in [9.17, 15) is 4.79 Å². The Morgan fingerprint density at radius 2 is 2.00 bits per heavy atom. The highest BCUT2D eigenvalue weighted by Gasteiger charge is 2.32. The highest BCUT2D eigenvalue weighted by atomic mass is 16.5. The number of carbonyl (C=O) groups excluding carboxylic acids is 1. The lowest BCUT2D eigenvalue weighted by Gasteiger charge is -2.39. The van der Waals surface area contributed by atoms with Crippen LogP contribution in [0.25, 0.3) is 0 Å². The topological polar surface area (TPSA) is 57.7 Å². The molecular weight excluding hydrogens is 304 g/mol. The number of aromatic nitrogens is 1. The highest BCUT2D eigenvalue weighted by Crippen LogP contribution is 2.26. The van der Waals surface area contributed by atoms with E-state index in [4.69, 9.17) is 4.74 Å².